The number of carbonyl (C=O) groups excluding carboxylic acids is 1. The Labute approximate surface area is 117 Å². The van der Waals surface area contributed by atoms with Gasteiger partial charge in [-0.1, -0.05) is 36.2 Å². The Balaban J connectivity index is 2.21. The molecule has 1 amide bonds. The van der Waals surface area contributed by atoms with Crippen LogP contribution in [0.25, 0.3) is 0 Å². The summed E-state index contributed by atoms with van der Waals surface area (Å²) < 4.78 is 0. The number of nitrogens with one attached hydrogen (secondary N) is 2. The third-order valence-electron chi connectivity index (χ3n) is 3.48. The van der Waals surface area contributed by atoms with Gasteiger partial charge in [0.2, 0.25) is 5.91 Å². The fraction of sp³-hybridized carbons (Fsp3) is 0.462. The molecule has 3 nitrogen and oxygen atoms in total. The molecule has 1 unspecified atom stereocenters. The Hall–Kier alpha value is -0.770. The molecule has 1 aliphatic rings. The van der Waals surface area contributed by atoms with E-state index in [1.165, 1.54) is 0 Å². The first-order valence-electron chi connectivity index (χ1n) is 6.09. The molecule has 0 saturated carbocycles. The van der Waals surface area contributed by atoms with Gasteiger partial charge < -0.3 is 10.6 Å². The van der Waals surface area contributed by atoms with Crippen molar-refractivity contribution in [3.05, 3.63) is 28.2 Å². The summed E-state index contributed by atoms with van der Waals surface area (Å²) in [5, 5.41) is 7.04. The SMILES string of the molecule is CCC1(C(=O)Nc2c(Cl)cccc2Cl)CCCN1. The fourth-order valence-corrected chi connectivity index (χ4v) is 2.80. The van der Waals surface area contributed by atoms with Crippen LogP contribution >= 0.6 is 23.2 Å². The topological polar surface area (TPSA) is 41.1 Å². The van der Waals surface area contributed by atoms with E-state index in [4.69, 9.17) is 23.2 Å². The van der Waals surface area contributed by atoms with Gasteiger partial charge in [0.15, 0.2) is 0 Å². The molecule has 0 bridgehead atoms. The highest BCUT2D eigenvalue weighted by Gasteiger charge is 2.39. The summed E-state index contributed by atoms with van der Waals surface area (Å²) >= 11 is 12.1. The van der Waals surface area contributed by atoms with E-state index < -0.39 is 5.54 Å². The maximum Gasteiger partial charge on any atom is 0.244 e. The van der Waals surface area contributed by atoms with Crippen molar-refractivity contribution in [3.8, 4) is 0 Å². The second kappa shape index (κ2) is 5.47. The van der Waals surface area contributed by atoms with Gasteiger partial charge in [0.1, 0.15) is 0 Å². The third kappa shape index (κ3) is 2.48. The number of rotatable bonds is 3. The van der Waals surface area contributed by atoms with Gasteiger partial charge in [0.25, 0.3) is 0 Å². The maximum absolute atomic E-state index is 12.4. The molecule has 98 valence electrons. The average molecular weight is 287 g/mol. The van der Waals surface area contributed by atoms with Crippen molar-refractivity contribution >= 4 is 34.8 Å². The van der Waals surface area contributed by atoms with Gasteiger partial charge in [-0.3, -0.25) is 4.79 Å². The molecule has 18 heavy (non-hydrogen) atoms. The molecule has 1 saturated heterocycles. The van der Waals surface area contributed by atoms with Crippen LogP contribution in [0.15, 0.2) is 18.2 Å². The largest absolute Gasteiger partial charge is 0.322 e. The maximum atomic E-state index is 12.4. The number of anilines is 1. The minimum absolute atomic E-state index is 0.0579. The lowest BCUT2D eigenvalue weighted by molar-refractivity contribution is -0.122. The second-order valence-electron chi connectivity index (χ2n) is 4.52. The van der Waals surface area contributed by atoms with Gasteiger partial charge in [-0.2, -0.15) is 0 Å². The summed E-state index contributed by atoms with van der Waals surface area (Å²) in [5.74, 6) is -0.0579. The minimum atomic E-state index is -0.484. The van der Waals surface area contributed by atoms with E-state index in [-0.39, 0.29) is 5.91 Å². The molecule has 1 heterocycles. The lowest BCUT2D eigenvalue weighted by atomic mass is 9.93. The Morgan fingerprint density at radius 2 is 2.11 bits per heavy atom. The summed E-state index contributed by atoms with van der Waals surface area (Å²) in [5.41, 5.74) is 0.00929. The van der Waals surface area contributed by atoms with Crippen molar-refractivity contribution in [2.24, 2.45) is 0 Å². The van der Waals surface area contributed by atoms with Gasteiger partial charge in [-0.15, -0.1) is 0 Å². The number of halogens is 2. The number of amides is 1. The molecule has 2 rings (SSSR count). The third-order valence-corrected chi connectivity index (χ3v) is 4.11. The highest BCUT2D eigenvalue weighted by Crippen LogP contribution is 2.32. The van der Waals surface area contributed by atoms with E-state index in [1.807, 2.05) is 6.92 Å². The molecule has 0 aliphatic carbocycles. The first-order valence-corrected chi connectivity index (χ1v) is 6.85. The van der Waals surface area contributed by atoms with Crippen molar-refractivity contribution in [2.45, 2.75) is 31.7 Å². The minimum Gasteiger partial charge on any atom is -0.322 e. The predicted octanol–water partition coefficient (Wildman–Crippen LogP) is 3.46. The Bertz CT molecular complexity index is 436. The van der Waals surface area contributed by atoms with Crippen LogP contribution in [0.3, 0.4) is 0 Å². The van der Waals surface area contributed by atoms with E-state index in [1.54, 1.807) is 18.2 Å². The molecular weight excluding hydrogens is 271 g/mol. The molecule has 1 atom stereocenters. The lowest BCUT2D eigenvalue weighted by Crippen LogP contribution is -2.50. The molecule has 1 aromatic rings. The number of hydrogen-bond donors (Lipinski definition) is 2. The highest BCUT2D eigenvalue weighted by atomic mass is 35.5. The molecule has 2 N–H and O–H groups in total. The Morgan fingerprint density at radius 3 is 2.61 bits per heavy atom. The lowest BCUT2D eigenvalue weighted by Gasteiger charge is -2.27. The molecule has 1 aliphatic heterocycles. The van der Waals surface area contributed by atoms with Crippen molar-refractivity contribution in [1.29, 1.82) is 0 Å². The van der Waals surface area contributed by atoms with Crippen LogP contribution in [0, 0.1) is 0 Å². The number of hydrogen-bond acceptors (Lipinski definition) is 2. The van der Waals surface area contributed by atoms with Gasteiger partial charge in [-0.05, 0) is 37.9 Å². The van der Waals surface area contributed by atoms with Crippen LogP contribution in [0.4, 0.5) is 5.69 Å². The van der Waals surface area contributed by atoms with Gasteiger partial charge in [0.05, 0.1) is 21.3 Å². The average Bonchev–Trinajstić information content (AvgIpc) is 2.84. The zero-order valence-electron chi connectivity index (χ0n) is 10.2. The van der Waals surface area contributed by atoms with Crippen LogP contribution in [0.2, 0.25) is 10.0 Å². The quantitative estimate of drug-likeness (QED) is 0.893. The Morgan fingerprint density at radius 1 is 1.44 bits per heavy atom. The number of benzene rings is 1. The molecule has 1 fully saturated rings. The second-order valence-corrected chi connectivity index (χ2v) is 5.33. The van der Waals surface area contributed by atoms with E-state index in [0.29, 0.717) is 15.7 Å². The summed E-state index contributed by atoms with van der Waals surface area (Å²) in [6.45, 7) is 2.88. The van der Waals surface area contributed by atoms with Gasteiger partial charge in [0, 0.05) is 0 Å². The zero-order chi connectivity index (χ0) is 13.2. The first kappa shape index (κ1) is 13.7. The number of carbonyl (C=O) groups is 1. The van der Waals surface area contributed by atoms with Crippen molar-refractivity contribution < 1.29 is 4.79 Å². The van der Waals surface area contributed by atoms with Crippen molar-refractivity contribution in [1.82, 2.24) is 5.32 Å². The number of para-hydroxylation sites is 1. The monoisotopic (exact) mass is 286 g/mol. The standard InChI is InChI=1S/C13H16Cl2N2O/c1-2-13(7-4-8-16-13)12(18)17-11-9(14)5-3-6-10(11)15/h3,5-6,16H,2,4,7-8H2,1H3,(H,17,18). The van der Waals surface area contributed by atoms with Crippen LogP contribution in [0.1, 0.15) is 26.2 Å². The van der Waals surface area contributed by atoms with Gasteiger partial charge in [-0.25, -0.2) is 0 Å². The smallest absolute Gasteiger partial charge is 0.244 e. The van der Waals surface area contributed by atoms with Crippen molar-refractivity contribution in [3.63, 3.8) is 0 Å². The van der Waals surface area contributed by atoms with E-state index >= 15 is 0 Å². The predicted molar refractivity (Wildman–Crippen MR) is 75.4 cm³/mol. The molecule has 0 radical (unpaired) electrons. The summed E-state index contributed by atoms with van der Waals surface area (Å²) in [4.78, 5) is 12.4. The highest BCUT2D eigenvalue weighted by molar-refractivity contribution is 6.39. The van der Waals surface area contributed by atoms with Crippen LogP contribution in [-0.2, 0) is 4.79 Å². The molecule has 0 spiro atoms. The van der Waals surface area contributed by atoms with Crippen LogP contribution in [0.5, 0.6) is 0 Å². The Kier molecular flexibility index (Phi) is 4.15. The fourth-order valence-electron chi connectivity index (χ4n) is 2.31. The van der Waals surface area contributed by atoms with E-state index in [9.17, 15) is 4.79 Å². The van der Waals surface area contributed by atoms with Crippen molar-refractivity contribution in [2.75, 3.05) is 11.9 Å². The molecular formula is C13H16Cl2N2O. The van der Waals surface area contributed by atoms with E-state index in [2.05, 4.69) is 10.6 Å². The first-order chi connectivity index (χ1) is 8.59. The van der Waals surface area contributed by atoms with Crippen LogP contribution < -0.4 is 10.6 Å². The van der Waals surface area contributed by atoms with Crippen LogP contribution in [-0.4, -0.2) is 18.0 Å². The summed E-state index contributed by atoms with van der Waals surface area (Å²) in [6.07, 6.45) is 2.61. The zero-order valence-corrected chi connectivity index (χ0v) is 11.7. The summed E-state index contributed by atoms with van der Waals surface area (Å²) in [7, 11) is 0. The van der Waals surface area contributed by atoms with E-state index in [0.717, 1.165) is 25.8 Å². The molecule has 5 heteroatoms. The van der Waals surface area contributed by atoms with Gasteiger partial charge >= 0.3 is 0 Å². The molecule has 0 aromatic heterocycles. The molecule has 1 aromatic carbocycles. The summed E-state index contributed by atoms with van der Waals surface area (Å²) in [6, 6.07) is 5.18. The normalized spacial score (nSPS) is 23.1.